The molecule has 3 rings (SSSR count). The highest BCUT2D eigenvalue weighted by atomic mass is 16.5. The van der Waals surface area contributed by atoms with Gasteiger partial charge in [-0.2, -0.15) is 4.98 Å². The van der Waals surface area contributed by atoms with Gasteiger partial charge in [0.05, 0.1) is 6.61 Å². The van der Waals surface area contributed by atoms with E-state index in [4.69, 9.17) is 15.2 Å². The molecule has 2 aromatic carbocycles. The van der Waals surface area contributed by atoms with Crippen LogP contribution in [0.5, 0.6) is 11.6 Å². The molecule has 1 heterocycles. The Bertz CT molecular complexity index is 1230. The maximum Gasteiger partial charge on any atom is 0.271 e. The number of carbonyl (C=O) groups is 2. The fraction of sp³-hybridized carbons (Fsp3) is 0.231. The third kappa shape index (κ3) is 6.80. The molecular formula is C26H30N6O4. The summed E-state index contributed by atoms with van der Waals surface area (Å²) in [6.07, 6.45) is 1.64. The number of carbonyl (C=O) groups excluding carboxylic acids is 2. The fourth-order valence-electron chi connectivity index (χ4n) is 3.26. The number of nitrogens with one attached hydrogen (secondary N) is 2. The Labute approximate surface area is 210 Å². The van der Waals surface area contributed by atoms with Gasteiger partial charge < -0.3 is 30.7 Å². The molecule has 0 saturated carbocycles. The minimum atomic E-state index is -0.712. The maximum atomic E-state index is 12.1. The minimum absolute atomic E-state index is 0.00693. The monoisotopic (exact) mass is 490 g/mol. The highest BCUT2D eigenvalue weighted by molar-refractivity contribution is 5.99. The number of likely N-dealkylation sites (N-methyl/N-ethyl adjacent to an activating group) is 1. The molecule has 0 radical (unpaired) electrons. The van der Waals surface area contributed by atoms with E-state index in [1.807, 2.05) is 38.2 Å². The van der Waals surface area contributed by atoms with E-state index in [9.17, 15) is 9.59 Å². The zero-order chi connectivity index (χ0) is 26.1. The number of primary amides is 1. The van der Waals surface area contributed by atoms with Gasteiger partial charge in [0.2, 0.25) is 11.8 Å². The lowest BCUT2D eigenvalue weighted by Gasteiger charge is -2.19. The van der Waals surface area contributed by atoms with Gasteiger partial charge in [-0.05, 0) is 48.9 Å². The molecule has 1 aromatic heterocycles. The third-order valence-corrected chi connectivity index (χ3v) is 5.20. The molecule has 0 spiro atoms. The normalized spacial score (nSPS) is 10.4. The van der Waals surface area contributed by atoms with Crippen molar-refractivity contribution in [2.24, 2.45) is 5.73 Å². The quantitative estimate of drug-likeness (QED) is 0.326. The van der Waals surface area contributed by atoms with E-state index in [0.717, 1.165) is 12.2 Å². The van der Waals surface area contributed by atoms with Crippen LogP contribution >= 0.6 is 0 Å². The molecule has 0 aliphatic rings. The average Bonchev–Trinajstić information content (AvgIpc) is 2.87. The molecule has 0 saturated heterocycles. The van der Waals surface area contributed by atoms with E-state index >= 15 is 0 Å². The second kappa shape index (κ2) is 12.3. The Kier molecular flexibility index (Phi) is 8.95. The predicted molar refractivity (Wildman–Crippen MR) is 140 cm³/mol. The SMILES string of the molecule is C=CC(=O)Nc1cccc(Oc2nc(Nc3ccc(N(C)CCOC)cc3)c(C(N)=O)nc2CC)c1. The predicted octanol–water partition coefficient (Wildman–Crippen LogP) is 3.88. The van der Waals surface area contributed by atoms with Crippen molar-refractivity contribution in [1.29, 1.82) is 0 Å². The Morgan fingerprint density at radius 3 is 2.53 bits per heavy atom. The Morgan fingerprint density at radius 1 is 1.14 bits per heavy atom. The summed E-state index contributed by atoms with van der Waals surface area (Å²) < 4.78 is 11.1. The topological polar surface area (TPSA) is 132 Å². The zero-order valence-electron chi connectivity index (χ0n) is 20.6. The first kappa shape index (κ1) is 26.2. The van der Waals surface area contributed by atoms with E-state index in [1.165, 1.54) is 6.08 Å². The summed E-state index contributed by atoms with van der Waals surface area (Å²) in [5.41, 5.74) is 8.30. The van der Waals surface area contributed by atoms with Gasteiger partial charge in [0.25, 0.3) is 5.91 Å². The summed E-state index contributed by atoms with van der Waals surface area (Å²) in [7, 11) is 3.64. The molecule has 0 unspecified atom stereocenters. The number of ether oxygens (including phenoxy) is 2. The summed E-state index contributed by atoms with van der Waals surface area (Å²) in [6.45, 7) is 6.68. The molecule has 0 aliphatic heterocycles. The summed E-state index contributed by atoms with van der Waals surface area (Å²) in [4.78, 5) is 34.8. The number of nitrogens with zero attached hydrogens (tertiary/aromatic N) is 3. The molecule has 36 heavy (non-hydrogen) atoms. The smallest absolute Gasteiger partial charge is 0.271 e. The van der Waals surface area contributed by atoms with Crippen molar-refractivity contribution >= 4 is 34.7 Å². The zero-order valence-corrected chi connectivity index (χ0v) is 20.6. The van der Waals surface area contributed by atoms with Crippen LogP contribution in [0, 0.1) is 0 Å². The van der Waals surface area contributed by atoms with Crippen molar-refractivity contribution in [3.05, 3.63) is 72.6 Å². The molecule has 3 aromatic rings. The summed E-state index contributed by atoms with van der Waals surface area (Å²) in [6, 6.07) is 14.4. The maximum absolute atomic E-state index is 12.1. The van der Waals surface area contributed by atoms with Gasteiger partial charge in [0.15, 0.2) is 11.5 Å². The number of anilines is 4. The number of methoxy groups -OCH3 is 1. The molecule has 2 amide bonds. The molecule has 10 heteroatoms. The lowest BCUT2D eigenvalue weighted by molar-refractivity contribution is -0.111. The first-order chi connectivity index (χ1) is 17.3. The lowest BCUT2D eigenvalue weighted by atomic mass is 10.2. The highest BCUT2D eigenvalue weighted by Crippen LogP contribution is 2.29. The minimum Gasteiger partial charge on any atom is -0.437 e. The van der Waals surface area contributed by atoms with Crippen molar-refractivity contribution in [2.45, 2.75) is 13.3 Å². The van der Waals surface area contributed by atoms with E-state index in [2.05, 4.69) is 32.1 Å². The standard InChI is InChI=1S/C26H30N6O4/c1-5-21-26(36-20-9-7-8-18(16-20)28-22(33)6-2)31-25(23(30-21)24(27)34)29-17-10-12-19(13-11-17)32(3)14-15-35-4/h6-13,16H,2,5,14-15H2,1,3-4H3,(H2,27,34)(H,28,33)(H,29,31). The van der Waals surface area contributed by atoms with Crippen LogP contribution in [0.15, 0.2) is 61.2 Å². The second-order valence-electron chi connectivity index (χ2n) is 7.80. The molecule has 0 bridgehead atoms. The van der Waals surface area contributed by atoms with Crippen molar-refractivity contribution in [2.75, 3.05) is 42.8 Å². The largest absolute Gasteiger partial charge is 0.437 e. The first-order valence-electron chi connectivity index (χ1n) is 11.3. The Hall–Kier alpha value is -4.44. The number of hydrogen-bond acceptors (Lipinski definition) is 8. The molecule has 10 nitrogen and oxygen atoms in total. The number of nitrogens with two attached hydrogens (primary N) is 1. The first-order valence-corrected chi connectivity index (χ1v) is 11.3. The van der Waals surface area contributed by atoms with E-state index in [0.29, 0.717) is 35.8 Å². The summed E-state index contributed by atoms with van der Waals surface area (Å²) in [5.74, 6) is -0.229. The van der Waals surface area contributed by atoms with Crippen LogP contribution in [-0.4, -0.2) is 49.1 Å². The van der Waals surface area contributed by atoms with Gasteiger partial charge in [0.1, 0.15) is 11.4 Å². The van der Waals surface area contributed by atoms with Gasteiger partial charge in [-0.1, -0.05) is 19.6 Å². The van der Waals surface area contributed by atoms with Crippen molar-refractivity contribution < 1.29 is 19.1 Å². The Balaban J connectivity index is 1.89. The third-order valence-electron chi connectivity index (χ3n) is 5.20. The Morgan fingerprint density at radius 2 is 1.89 bits per heavy atom. The molecular weight excluding hydrogens is 460 g/mol. The number of rotatable bonds is 12. The van der Waals surface area contributed by atoms with Crippen molar-refractivity contribution in [3.8, 4) is 11.6 Å². The highest BCUT2D eigenvalue weighted by Gasteiger charge is 2.19. The molecule has 188 valence electrons. The molecule has 0 aliphatic carbocycles. The van der Waals surface area contributed by atoms with E-state index in [-0.39, 0.29) is 23.3 Å². The number of aryl methyl sites for hydroxylation is 1. The van der Waals surface area contributed by atoms with Gasteiger partial charge in [0, 0.05) is 43.8 Å². The van der Waals surface area contributed by atoms with Gasteiger partial charge in [-0.25, -0.2) is 4.98 Å². The summed E-state index contributed by atoms with van der Waals surface area (Å²) >= 11 is 0. The number of amides is 2. The molecule has 0 fully saturated rings. The lowest BCUT2D eigenvalue weighted by Crippen LogP contribution is -2.21. The van der Waals surface area contributed by atoms with Crippen LogP contribution in [0.3, 0.4) is 0 Å². The number of aromatic nitrogens is 2. The number of benzene rings is 2. The van der Waals surface area contributed by atoms with Gasteiger partial charge in [-0.3, -0.25) is 9.59 Å². The second-order valence-corrected chi connectivity index (χ2v) is 7.80. The van der Waals surface area contributed by atoms with Gasteiger partial charge >= 0.3 is 0 Å². The van der Waals surface area contributed by atoms with Gasteiger partial charge in [-0.15, -0.1) is 0 Å². The van der Waals surface area contributed by atoms with Crippen LogP contribution in [-0.2, 0) is 16.0 Å². The van der Waals surface area contributed by atoms with E-state index < -0.39 is 5.91 Å². The molecule has 0 atom stereocenters. The van der Waals surface area contributed by atoms with Crippen molar-refractivity contribution in [3.63, 3.8) is 0 Å². The van der Waals surface area contributed by atoms with Crippen LogP contribution in [0.25, 0.3) is 0 Å². The van der Waals surface area contributed by atoms with Crippen molar-refractivity contribution in [1.82, 2.24) is 9.97 Å². The number of hydrogen-bond donors (Lipinski definition) is 3. The van der Waals surface area contributed by atoms with Crippen LogP contribution in [0.2, 0.25) is 0 Å². The molecule has 4 N–H and O–H groups in total. The van der Waals surface area contributed by atoms with E-state index in [1.54, 1.807) is 31.4 Å². The van der Waals surface area contributed by atoms with Crippen LogP contribution < -0.4 is 26.0 Å². The summed E-state index contributed by atoms with van der Waals surface area (Å²) in [5, 5.41) is 5.80. The van der Waals surface area contributed by atoms with Crippen LogP contribution in [0.1, 0.15) is 23.1 Å². The van der Waals surface area contributed by atoms with Crippen LogP contribution in [0.4, 0.5) is 22.9 Å². The average molecular weight is 491 g/mol. The fourth-order valence-corrected chi connectivity index (χ4v) is 3.26.